The van der Waals surface area contributed by atoms with Crippen LogP contribution in [0.2, 0.25) is 0 Å². The van der Waals surface area contributed by atoms with E-state index in [4.69, 9.17) is 4.74 Å². The van der Waals surface area contributed by atoms with E-state index in [9.17, 15) is 0 Å². The van der Waals surface area contributed by atoms with E-state index in [0.29, 0.717) is 0 Å². The van der Waals surface area contributed by atoms with Gasteiger partial charge in [-0.1, -0.05) is 15.9 Å². The van der Waals surface area contributed by atoms with Crippen LogP contribution in [0.5, 0.6) is 5.75 Å². The quantitative estimate of drug-likeness (QED) is 0.791. The van der Waals surface area contributed by atoms with Crippen molar-refractivity contribution in [1.29, 1.82) is 0 Å². The molecule has 2 rings (SSSR count). The molecule has 0 aliphatic rings. The third kappa shape index (κ3) is 2.93. The number of hydrogen-bond acceptors (Lipinski definition) is 3. The minimum Gasteiger partial charge on any atom is -0.496 e. The van der Waals surface area contributed by atoms with Gasteiger partial charge in [-0.15, -0.1) is 0 Å². The van der Waals surface area contributed by atoms with Crippen molar-refractivity contribution in [2.24, 2.45) is 4.99 Å². The molecule has 0 N–H and O–H groups in total. The molecule has 1 aromatic carbocycles. The van der Waals surface area contributed by atoms with Gasteiger partial charge in [0.25, 0.3) is 0 Å². The summed E-state index contributed by atoms with van der Waals surface area (Å²) < 4.78 is 8.30. The lowest BCUT2D eigenvalue weighted by molar-refractivity contribution is 0.414. The van der Waals surface area contributed by atoms with E-state index in [1.54, 1.807) is 7.11 Å². The van der Waals surface area contributed by atoms with Crippen LogP contribution in [0.1, 0.15) is 23.9 Å². The second-order valence-electron chi connectivity index (χ2n) is 4.48. The zero-order chi connectivity index (χ0) is 14.7. The minimum atomic E-state index is 0.801. The number of benzene rings is 1. The Morgan fingerprint density at radius 3 is 2.75 bits per heavy atom. The van der Waals surface area contributed by atoms with Gasteiger partial charge in [0.15, 0.2) is 0 Å². The number of hydrogen-bond donors (Lipinski definition) is 0. The van der Waals surface area contributed by atoms with E-state index in [2.05, 4.69) is 32.9 Å². The Labute approximate surface area is 127 Å². The van der Waals surface area contributed by atoms with Gasteiger partial charge in [-0.25, -0.2) is 0 Å². The lowest BCUT2D eigenvalue weighted by Gasteiger charge is -2.04. The summed E-state index contributed by atoms with van der Waals surface area (Å²) in [7, 11) is 1.66. The summed E-state index contributed by atoms with van der Waals surface area (Å²) in [6.45, 7) is 6.94. The van der Waals surface area contributed by atoms with Crippen LogP contribution in [0.4, 0.5) is 5.69 Å². The van der Waals surface area contributed by atoms with E-state index in [1.807, 2.05) is 42.9 Å². The van der Waals surface area contributed by atoms with E-state index >= 15 is 0 Å². The second kappa shape index (κ2) is 6.22. The smallest absolute Gasteiger partial charge is 0.127 e. The largest absolute Gasteiger partial charge is 0.496 e. The summed E-state index contributed by atoms with van der Waals surface area (Å²) >= 11 is 3.46. The predicted octanol–water partition coefficient (Wildman–Crippen LogP) is 4.04. The monoisotopic (exact) mass is 335 g/mol. The van der Waals surface area contributed by atoms with Gasteiger partial charge in [-0.3, -0.25) is 9.67 Å². The number of halogens is 1. The van der Waals surface area contributed by atoms with Gasteiger partial charge >= 0.3 is 0 Å². The van der Waals surface area contributed by atoms with Crippen molar-refractivity contribution in [3.63, 3.8) is 0 Å². The van der Waals surface area contributed by atoms with E-state index < -0.39 is 0 Å². The Morgan fingerprint density at radius 1 is 1.40 bits per heavy atom. The Kier molecular flexibility index (Phi) is 4.60. The lowest BCUT2D eigenvalue weighted by atomic mass is 10.2. The molecule has 5 heteroatoms. The fourth-order valence-corrected chi connectivity index (χ4v) is 2.50. The van der Waals surface area contributed by atoms with E-state index in [1.165, 1.54) is 0 Å². The molecule has 0 fully saturated rings. The van der Waals surface area contributed by atoms with Crippen LogP contribution in [-0.4, -0.2) is 23.1 Å². The number of aliphatic imine (C=N–C) groups is 1. The number of aryl methyl sites for hydroxylation is 2. The molecule has 106 valence electrons. The van der Waals surface area contributed by atoms with Crippen LogP contribution in [0.15, 0.2) is 27.7 Å². The van der Waals surface area contributed by atoms with Gasteiger partial charge in [0.05, 0.1) is 18.5 Å². The first-order chi connectivity index (χ1) is 9.56. The van der Waals surface area contributed by atoms with Crippen molar-refractivity contribution in [3.05, 3.63) is 39.6 Å². The molecular formula is C15H18BrN3O. The third-order valence-electron chi connectivity index (χ3n) is 3.17. The normalized spacial score (nSPS) is 11.2. The van der Waals surface area contributed by atoms with Crippen LogP contribution >= 0.6 is 15.9 Å². The number of rotatable bonds is 4. The first-order valence-corrected chi connectivity index (χ1v) is 7.27. The van der Waals surface area contributed by atoms with Crippen molar-refractivity contribution in [2.45, 2.75) is 27.3 Å². The van der Waals surface area contributed by atoms with Crippen molar-refractivity contribution in [2.75, 3.05) is 7.11 Å². The van der Waals surface area contributed by atoms with Crippen molar-refractivity contribution < 1.29 is 4.74 Å². The summed E-state index contributed by atoms with van der Waals surface area (Å²) in [5, 5.41) is 4.46. The SMILES string of the molecule is CCn1nc(C)c(N=Cc2cc(Br)ccc2OC)c1C. The molecule has 0 spiro atoms. The molecule has 0 saturated carbocycles. The minimum absolute atomic E-state index is 0.801. The molecule has 1 aromatic heterocycles. The van der Waals surface area contributed by atoms with Gasteiger partial charge in [0, 0.05) is 22.8 Å². The summed E-state index contributed by atoms with van der Waals surface area (Å²) in [5.41, 5.74) is 3.88. The maximum atomic E-state index is 5.34. The number of ether oxygens (including phenoxy) is 1. The van der Waals surface area contributed by atoms with Gasteiger partial charge in [-0.05, 0) is 39.0 Å². The fourth-order valence-electron chi connectivity index (χ4n) is 2.12. The summed E-state index contributed by atoms with van der Waals surface area (Å²) in [6.07, 6.45) is 1.82. The molecule has 0 atom stereocenters. The standard InChI is InChI=1S/C15H18BrN3O/c1-5-19-11(3)15(10(2)18-19)17-9-12-8-13(16)6-7-14(12)20-4/h6-9H,5H2,1-4H3. The molecule has 20 heavy (non-hydrogen) atoms. The first kappa shape index (κ1) is 14.8. The average molecular weight is 336 g/mol. The Morgan fingerprint density at radius 2 is 2.15 bits per heavy atom. The van der Waals surface area contributed by atoms with Crippen LogP contribution in [0, 0.1) is 13.8 Å². The zero-order valence-corrected chi connectivity index (χ0v) is 13.7. The van der Waals surface area contributed by atoms with Gasteiger partial charge in [0.2, 0.25) is 0 Å². The van der Waals surface area contributed by atoms with Crippen molar-refractivity contribution >= 4 is 27.8 Å². The molecule has 1 heterocycles. The van der Waals surface area contributed by atoms with Crippen molar-refractivity contribution in [3.8, 4) is 5.75 Å². The Balaban J connectivity index is 2.39. The highest BCUT2D eigenvalue weighted by Gasteiger charge is 2.09. The number of aromatic nitrogens is 2. The maximum absolute atomic E-state index is 5.34. The Bertz CT molecular complexity index is 647. The highest BCUT2D eigenvalue weighted by atomic mass is 79.9. The Hall–Kier alpha value is -1.62. The predicted molar refractivity (Wildman–Crippen MR) is 85.3 cm³/mol. The van der Waals surface area contributed by atoms with Crippen molar-refractivity contribution in [1.82, 2.24) is 9.78 Å². The van der Waals surface area contributed by atoms with Crippen LogP contribution in [-0.2, 0) is 6.54 Å². The zero-order valence-electron chi connectivity index (χ0n) is 12.1. The highest BCUT2D eigenvalue weighted by molar-refractivity contribution is 9.10. The summed E-state index contributed by atoms with van der Waals surface area (Å²) in [4.78, 5) is 4.58. The lowest BCUT2D eigenvalue weighted by Crippen LogP contribution is -1.98. The number of nitrogens with zero attached hydrogens (tertiary/aromatic N) is 3. The van der Waals surface area contributed by atoms with Gasteiger partial charge in [0.1, 0.15) is 11.4 Å². The van der Waals surface area contributed by atoms with E-state index in [0.717, 1.165) is 39.4 Å². The molecular weight excluding hydrogens is 318 g/mol. The highest BCUT2D eigenvalue weighted by Crippen LogP contribution is 2.25. The van der Waals surface area contributed by atoms with Crippen LogP contribution in [0.3, 0.4) is 0 Å². The molecule has 4 nitrogen and oxygen atoms in total. The molecule has 0 radical (unpaired) electrons. The molecule has 0 saturated heterocycles. The molecule has 0 bridgehead atoms. The van der Waals surface area contributed by atoms with Gasteiger partial charge < -0.3 is 4.74 Å². The topological polar surface area (TPSA) is 39.4 Å². The van der Waals surface area contributed by atoms with Crippen LogP contribution < -0.4 is 4.74 Å². The third-order valence-corrected chi connectivity index (χ3v) is 3.66. The van der Waals surface area contributed by atoms with E-state index in [-0.39, 0.29) is 0 Å². The average Bonchev–Trinajstić information content (AvgIpc) is 2.71. The summed E-state index contributed by atoms with van der Waals surface area (Å²) in [5.74, 6) is 0.801. The molecule has 0 unspecified atom stereocenters. The maximum Gasteiger partial charge on any atom is 0.127 e. The fraction of sp³-hybridized carbons (Fsp3) is 0.333. The second-order valence-corrected chi connectivity index (χ2v) is 5.40. The number of methoxy groups -OCH3 is 1. The molecule has 0 amide bonds. The van der Waals surface area contributed by atoms with Crippen LogP contribution in [0.25, 0.3) is 0 Å². The molecule has 0 aliphatic heterocycles. The summed E-state index contributed by atoms with van der Waals surface area (Å²) in [6, 6.07) is 5.85. The van der Waals surface area contributed by atoms with Gasteiger partial charge in [-0.2, -0.15) is 5.10 Å². The first-order valence-electron chi connectivity index (χ1n) is 6.48. The molecule has 2 aromatic rings. The molecule has 0 aliphatic carbocycles.